The van der Waals surface area contributed by atoms with Crippen LogP contribution in [0.2, 0.25) is 0 Å². The smallest absolute Gasteiger partial charge is 0.289 e. The zero-order chi connectivity index (χ0) is 43.3. The predicted molar refractivity (Wildman–Crippen MR) is 239 cm³/mol. The Labute approximate surface area is 361 Å². The minimum absolute atomic E-state index is 0.0962. The van der Waals surface area contributed by atoms with Crippen LogP contribution in [0.4, 0.5) is 11.4 Å². The Kier molecular flexibility index (Phi) is 12.3. The number of amides is 2. The maximum Gasteiger partial charge on any atom is 0.289 e. The number of rotatable bonds is 7. The van der Waals surface area contributed by atoms with Gasteiger partial charge < -0.3 is 37.9 Å². The molecular weight excluding hydrogens is 807 g/mol. The fourth-order valence-corrected chi connectivity index (χ4v) is 9.34. The zero-order valence-electron chi connectivity index (χ0n) is 34.5. The lowest BCUT2D eigenvalue weighted by atomic mass is 10.1. The van der Waals surface area contributed by atoms with Gasteiger partial charge in [-0.15, -0.1) is 11.8 Å². The maximum absolute atomic E-state index is 13.5. The van der Waals surface area contributed by atoms with Gasteiger partial charge in [0.15, 0.2) is 5.76 Å². The summed E-state index contributed by atoms with van der Waals surface area (Å²) in [4.78, 5) is 59.2. The van der Waals surface area contributed by atoms with E-state index >= 15 is 0 Å². The van der Waals surface area contributed by atoms with Crippen LogP contribution in [0, 0.1) is 22.7 Å². The van der Waals surface area contributed by atoms with E-state index in [0.29, 0.717) is 76.0 Å². The number of pyridine rings is 2. The van der Waals surface area contributed by atoms with Crippen molar-refractivity contribution in [2.24, 2.45) is 7.05 Å². The van der Waals surface area contributed by atoms with Gasteiger partial charge in [-0.2, -0.15) is 10.5 Å². The number of anilines is 2. The number of furan rings is 1. The highest BCUT2D eigenvalue weighted by Gasteiger charge is 2.32. The summed E-state index contributed by atoms with van der Waals surface area (Å²) in [6, 6.07) is 30.3. The average molecular weight is 852 g/mol. The molecule has 316 valence electrons. The number of piperazine rings is 2. The van der Waals surface area contributed by atoms with Gasteiger partial charge in [-0.3, -0.25) is 24.5 Å². The number of methoxy groups -OCH3 is 1. The molecule has 6 heterocycles. The van der Waals surface area contributed by atoms with Crippen molar-refractivity contribution in [2.75, 3.05) is 80.9 Å². The summed E-state index contributed by atoms with van der Waals surface area (Å²) in [5.41, 5.74) is 3.50. The highest BCUT2D eigenvalue weighted by atomic mass is 32.2. The Bertz CT molecular complexity index is 2820. The molecular formula is C46H45N9O6S. The molecule has 1 N–H and O–H groups in total. The molecule has 1 atom stereocenters. The monoisotopic (exact) mass is 851 g/mol. The first-order chi connectivity index (χ1) is 30.2. The van der Waals surface area contributed by atoms with Crippen LogP contribution in [0.5, 0.6) is 5.75 Å². The number of carbonyl (C=O) groups excluding carboxylic acids is 2. The van der Waals surface area contributed by atoms with Gasteiger partial charge in [0.05, 0.1) is 48.4 Å². The largest absolute Gasteiger partial charge is 0.497 e. The number of ether oxygens (including phenoxy) is 1. The molecule has 3 aromatic heterocycles. The number of nitrogens with one attached hydrogen (secondary N) is 1. The molecule has 15 nitrogen and oxygen atoms in total. The number of fused-ring (bicyclic) bond motifs is 2. The first kappa shape index (κ1) is 41.7. The van der Waals surface area contributed by atoms with Gasteiger partial charge in [0, 0.05) is 81.8 Å². The number of aromatic nitrogens is 2. The zero-order valence-corrected chi connectivity index (χ0v) is 35.3. The number of para-hydroxylation sites is 2. The lowest BCUT2D eigenvalue weighted by Crippen LogP contribution is -2.54. The third-order valence-electron chi connectivity index (χ3n) is 11.7. The molecule has 0 spiro atoms. The Hall–Kier alpha value is -7.01. The van der Waals surface area contributed by atoms with Crippen LogP contribution in [0.15, 0.2) is 105 Å². The van der Waals surface area contributed by atoms with Crippen molar-refractivity contribution >= 4 is 56.8 Å². The van der Waals surface area contributed by atoms with Crippen LogP contribution in [0.25, 0.3) is 21.8 Å². The second kappa shape index (κ2) is 18.3. The Morgan fingerprint density at radius 3 is 1.90 bits per heavy atom. The molecule has 3 aliphatic rings. The second-order valence-electron chi connectivity index (χ2n) is 15.1. The molecule has 3 saturated heterocycles. The van der Waals surface area contributed by atoms with Crippen LogP contribution in [0.1, 0.15) is 27.2 Å². The maximum atomic E-state index is 13.5. The van der Waals surface area contributed by atoms with Crippen molar-refractivity contribution in [1.82, 2.24) is 24.3 Å². The van der Waals surface area contributed by atoms with Crippen molar-refractivity contribution < 1.29 is 18.7 Å². The third-order valence-corrected chi connectivity index (χ3v) is 12.6. The van der Waals surface area contributed by atoms with Crippen molar-refractivity contribution in [2.45, 2.75) is 12.6 Å². The summed E-state index contributed by atoms with van der Waals surface area (Å²) in [5.74, 6) is 2.67. The van der Waals surface area contributed by atoms with E-state index in [0.717, 1.165) is 44.7 Å². The van der Waals surface area contributed by atoms with E-state index in [1.54, 1.807) is 47.5 Å². The molecule has 3 fully saturated rings. The van der Waals surface area contributed by atoms with Gasteiger partial charge in [0.25, 0.3) is 17.0 Å². The van der Waals surface area contributed by atoms with Crippen LogP contribution in [-0.4, -0.2) is 108 Å². The highest BCUT2D eigenvalue weighted by Crippen LogP contribution is 2.32. The Morgan fingerprint density at radius 1 is 0.758 bits per heavy atom. The lowest BCUT2D eigenvalue weighted by molar-refractivity contribution is -0.132. The lowest BCUT2D eigenvalue weighted by Gasteiger charge is -2.37. The van der Waals surface area contributed by atoms with Crippen LogP contribution < -0.4 is 31.0 Å². The van der Waals surface area contributed by atoms with E-state index in [4.69, 9.17) is 9.15 Å². The van der Waals surface area contributed by atoms with Crippen molar-refractivity contribution in [3.05, 3.63) is 134 Å². The van der Waals surface area contributed by atoms with E-state index in [2.05, 4.69) is 22.4 Å². The quantitative estimate of drug-likeness (QED) is 0.243. The molecule has 3 aliphatic heterocycles. The van der Waals surface area contributed by atoms with Gasteiger partial charge in [-0.1, -0.05) is 48.5 Å². The average Bonchev–Trinajstić information content (AvgIpc) is 4.08. The summed E-state index contributed by atoms with van der Waals surface area (Å²) in [5, 5.41) is 24.6. The fraction of sp³-hybridized carbons (Fsp3) is 0.304. The predicted octanol–water partition coefficient (Wildman–Crippen LogP) is 4.21. The summed E-state index contributed by atoms with van der Waals surface area (Å²) < 4.78 is 13.7. The number of carbonyl (C=O) groups is 2. The van der Waals surface area contributed by atoms with E-state index in [1.807, 2.05) is 82.6 Å². The molecule has 9 rings (SSSR count). The van der Waals surface area contributed by atoms with Gasteiger partial charge in [0.2, 0.25) is 5.91 Å². The molecule has 16 heteroatoms. The van der Waals surface area contributed by atoms with Gasteiger partial charge in [-0.25, -0.2) is 0 Å². The molecule has 1 unspecified atom stereocenters. The van der Waals surface area contributed by atoms with E-state index < -0.39 is 0 Å². The summed E-state index contributed by atoms with van der Waals surface area (Å²) >= 11 is 1.74. The molecule has 0 radical (unpaired) electrons. The van der Waals surface area contributed by atoms with Crippen molar-refractivity contribution in [1.29, 1.82) is 10.5 Å². The highest BCUT2D eigenvalue weighted by molar-refractivity contribution is 7.99. The van der Waals surface area contributed by atoms with E-state index in [1.165, 1.54) is 10.8 Å². The Morgan fingerprint density at radius 2 is 1.34 bits per heavy atom. The van der Waals surface area contributed by atoms with E-state index in [9.17, 15) is 29.7 Å². The van der Waals surface area contributed by atoms with Gasteiger partial charge >= 0.3 is 0 Å². The van der Waals surface area contributed by atoms with Crippen LogP contribution in [-0.2, 0) is 18.4 Å². The van der Waals surface area contributed by atoms with Crippen molar-refractivity contribution in [3.63, 3.8) is 0 Å². The number of nitriles is 2. The normalized spacial score (nSPS) is 16.4. The second-order valence-corrected chi connectivity index (χ2v) is 16.2. The molecule has 3 aromatic carbocycles. The summed E-state index contributed by atoms with van der Waals surface area (Å²) in [6.07, 6.45) is 1.48. The first-order valence-electron chi connectivity index (χ1n) is 20.3. The molecule has 0 aliphatic carbocycles. The van der Waals surface area contributed by atoms with Gasteiger partial charge in [0.1, 0.15) is 29.0 Å². The minimum Gasteiger partial charge on any atom is -0.497 e. The summed E-state index contributed by atoms with van der Waals surface area (Å²) in [6.45, 7) is 4.69. The van der Waals surface area contributed by atoms with Crippen LogP contribution >= 0.6 is 11.8 Å². The van der Waals surface area contributed by atoms with E-state index in [-0.39, 0.29) is 40.1 Å². The topological polar surface area (TPSA) is 173 Å². The number of hydrogen-bond donors (Lipinski definition) is 1. The summed E-state index contributed by atoms with van der Waals surface area (Å²) in [7, 11) is 3.30. The van der Waals surface area contributed by atoms with Crippen LogP contribution in [0.3, 0.4) is 0 Å². The molecule has 6 aromatic rings. The standard InChI is InChI=1S/C27H24N4O4.C19H21N5O2S/c1-34-20-10-8-19(9-11-20)18-31-23-6-3-2-5-21(23)25(22(17-28)26(31)32)29-12-14-30(15-13-29)27(33)24-7-4-16-35-24;1-22-16-5-3-2-4-13(16)17(14(10-20)18(22)25)23-6-8-24(9-7-23)19(26)15-11-27-12-21-15/h2-11,16H,12-15,18H2,1H3;2-5,15,21H,6-9,11-12H2,1H3. The van der Waals surface area contributed by atoms with Crippen molar-refractivity contribution in [3.8, 4) is 17.9 Å². The Balaban J connectivity index is 0.000000176. The molecule has 62 heavy (non-hydrogen) atoms. The van der Waals surface area contributed by atoms with Gasteiger partial charge in [-0.05, 0) is 42.0 Å². The number of aryl methyl sites for hydroxylation is 1. The molecule has 0 bridgehead atoms. The molecule has 0 saturated carbocycles. The third kappa shape index (κ3) is 8.10. The molecule has 2 amide bonds. The number of benzene rings is 3. The number of nitrogens with zero attached hydrogens (tertiary/aromatic N) is 8. The minimum atomic E-state index is -0.328. The first-order valence-corrected chi connectivity index (χ1v) is 21.5. The number of hydrogen-bond acceptors (Lipinski definition) is 12. The number of thioether (sulfide) groups is 1. The fourth-order valence-electron chi connectivity index (χ4n) is 8.41. The SMILES string of the molecule is COc1ccc(Cn2c(=O)c(C#N)c(N3CCN(C(=O)c4ccco4)CC3)c3ccccc32)cc1.Cn1c(=O)c(C#N)c(N2CCN(C(=O)C3CSCN3)CC2)c2ccccc21.